The largest absolute Gasteiger partial charge is 0.397 e. The van der Waals surface area contributed by atoms with Gasteiger partial charge in [0.1, 0.15) is 11.2 Å². The topological polar surface area (TPSA) is 109 Å². The Hall–Kier alpha value is -4.04. The average Bonchev–Trinajstić information content (AvgIpc) is 3.51. The van der Waals surface area contributed by atoms with E-state index in [1.165, 1.54) is 4.88 Å². The van der Waals surface area contributed by atoms with Crippen LogP contribution in [0.25, 0.3) is 55.0 Å². The van der Waals surface area contributed by atoms with Gasteiger partial charge in [-0.3, -0.25) is 15.1 Å². The number of H-pyrrole nitrogens is 2. The Balaban J connectivity index is 1.52. The van der Waals surface area contributed by atoms with Crippen LogP contribution in [0.1, 0.15) is 0 Å². The van der Waals surface area contributed by atoms with Crippen LogP contribution in [-0.4, -0.2) is 30.1 Å². The summed E-state index contributed by atoms with van der Waals surface area (Å²) in [5.74, 6) is 0. The molecule has 144 valence electrons. The quantitative estimate of drug-likeness (QED) is 0.386. The predicted octanol–water partition coefficient (Wildman–Crippen LogP) is 4.87. The van der Waals surface area contributed by atoms with Gasteiger partial charge in [-0.25, -0.2) is 4.98 Å². The lowest BCUT2D eigenvalue weighted by atomic mass is 10.1. The predicted molar refractivity (Wildman–Crippen MR) is 120 cm³/mol. The Morgan fingerprint density at radius 3 is 2.73 bits per heavy atom. The van der Waals surface area contributed by atoms with Crippen molar-refractivity contribution in [3.8, 4) is 33.1 Å². The third-order valence-electron chi connectivity index (χ3n) is 5.05. The monoisotopic (exact) mass is 409 g/mol. The molecule has 0 atom stereocenters. The summed E-state index contributed by atoms with van der Waals surface area (Å²) < 4.78 is 0. The van der Waals surface area contributed by atoms with Crippen LogP contribution in [0.3, 0.4) is 0 Å². The van der Waals surface area contributed by atoms with E-state index in [0.717, 1.165) is 50.1 Å². The lowest BCUT2D eigenvalue weighted by Crippen LogP contribution is -1.90. The molecule has 0 aliphatic rings. The number of anilines is 1. The molecule has 0 spiro atoms. The Morgan fingerprint density at radius 2 is 1.87 bits per heavy atom. The van der Waals surface area contributed by atoms with Crippen LogP contribution in [-0.2, 0) is 0 Å². The van der Waals surface area contributed by atoms with Crippen molar-refractivity contribution in [3.05, 3.63) is 66.6 Å². The number of fused-ring (bicyclic) bond motifs is 2. The van der Waals surface area contributed by atoms with Gasteiger partial charge in [0.2, 0.25) is 0 Å². The fourth-order valence-corrected chi connectivity index (χ4v) is 4.40. The number of nitrogens with one attached hydrogen (secondary N) is 2. The van der Waals surface area contributed by atoms with E-state index in [1.54, 1.807) is 23.7 Å². The highest BCUT2D eigenvalue weighted by atomic mass is 32.1. The van der Waals surface area contributed by atoms with Crippen molar-refractivity contribution in [2.45, 2.75) is 0 Å². The minimum absolute atomic E-state index is 0.603. The number of aromatic amines is 2. The summed E-state index contributed by atoms with van der Waals surface area (Å²) in [7, 11) is 0. The van der Waals surface area contributed by atoms with Crippen molar-refractivity contribution in [2.24, 2.45) is 0 Å². The van der Waals surface area contributed by atoms with Crippen molar-refractivity contribution in [1.29, 1.82) is 0 Å². The molecule has 0 aromatic carbocycles. The molecule has 0 bridgehead atoms. The normalized spacial score (nSPS) is 11.5. The second-order valence-corrected chi connectivity index (χ2v) is 7.93. The van der Waals surface area contributed by atoms with Gasteiger partial charge in [-0.2, -0.15) is 5.10 Å². The van der Waals surface area contributed by atoms with E-state index in [4.69, 9.17) is 10.7 Å². The van der Waals surface area contributed by atoms with E-state index < -0.39 is 0 Å². The number of nitrogens with two attached hydrogens (primary N) is 1. The van der Waals surface area contributed by atoms with E-state index in [9.17, 15) is 0 Å². The highest BCUT2D eigenvalue weighted by Crippen LogP contribution is 2.35. The standard InChI is InChI=1S/C22H15N7S/c23-13-6-12(8-24-9-13)16-3-4-17-21(27-16)22(29-28-17)18-7-14-15(20-2-1-5-30-20)10-25-11-19(14)26-18/h1-11,26H,23H2,(H,28,29). The van der Waals surface area contributed by atoms with Crippen LogP contribution < -0.4 is 5.73 Å². The van der Waals surface area contributed by atoms with Gasteiger partial charge >= 0.3 is 0 Å². The first-order valence-electron chi connectivity index (χ1n) is 9.33. The molecule has 8 heteroatoms. The Bertz CT molecular complexity index is 1510. The number of thiophene rings is 1. The number of rotatable bonds is 3. The molecule has 0 saturated carbocycles. The van der Waals surface area contributed by atoms with Crippen molar-refractivity contribution < 1.29 is 0 Å². The molecule has 7 nitrogen and oxygen atoms in total. The van der Waals surface area contributed by atoms with Gasteiger partial charge in [0.05, 0.1) is 34.3 Å². The van der Waals surface area contributed by atoms with E-state index >= 15 is 0 Å². The number of nitrogen functional groups attached to an aromatic ring is 1. The Labute approximate surface area is 174 Å². The van der Waals surface area contributed by atoms with Crippen LogP contribution in [0.4, 0.5) is 5.69 Å². The molecule has 6 rings (SSSR count). The van der Waals surface area contributed by atoms with Crippen LogP contribution in [0, 0.1) is 0 Å². The maximum Gasteiger partial charge on any atom is 0.135 e. The molecule has 0 fully saturated rings. The lowest BCUT2D eigenvalue weighted by Gasteiger charge is -2.02. The van der Waals surface area contributed by atoms with Crippen molar-refractivity contribution >= 4 is 39.0 Å². The molecule has 0 aliphatic heterocycles. The highest BCUT2D eigenvalue weighted by Gasteiger charge is 2.16. The van der Waals surface area contributed by atoms with Crippen LogP contribution in [0.2, 0.25) is 0 Å². The Kier molecular flexibility index (Phi) is 3.65. The summed E-state index contributed by atoms with van der Waals surface area (Å²) in [6, 6.07) is 12.0. The maximum absolute atomic E-state index is 5.89. The summed E-state index contributed by atoms with van der Waals surface area (Å²) in [5.41, 5.74) is 13.5. The maximum atomic E-state index is 5.89. The lowest BCUT2D eigenvalue weighted by molar-refractivity contribution is 1.12. The van der Waals surface area contributed by atoms with E-state index in [1.807, 2.05) is 36.7 Å². The van der Waals surface area contributed by atoms with Crippen LogP contribution in [0.5, 0.6) is 0 Å². The SMILES string of the molecule is Nc1cncc(-c2ccc3[nH]nc(-c4cc5c(-c6cccs6)cncc5[nH]4)c3n2)c1. The van der Waals surface area contributed by atoms with Gasteiger partial charge in [0.25, 0.3) is 0 Å². The minimum atomic E-state index is 0.603. The zero-order valence-electron chi connectivity index (χ0n) is 15.6. The summed E-state index contributed by atoms with van der Waals surface area (Å²) in [5, 5.41) is 10.8. The zero-order valence-corrected chi connectivity index (χ0v) is 16.4. The number of aromatic nitrogens is 6. The van der Waals surface area contributed by atoms with Crippen LogP contribution in [0.15, 0.2) is 66.6 Å². The van der Waals surface area contributed by atoms with Crippen LogP contribution >= 0.6 is 11.3 Å². The first kappa shape index (κ1) is 16.9. The summed E-state index contributed by atoms with van der Waals surface area (Å²) in [6.07, 6.45) is 7.11. The number of nitrogens with zero attached hydrogens (tertiary/aromatic N) is 4. The first-order chi connectivity index (χ1) is 14.8. The molecule has 0 unspecified atom stereocenters. The zero-order chi connectivity index (χ0) is 20.1. The van der Waals surface area contributed by atoms with Gasteiger partial charge in [-0.1, -0.05) is 6.07 Å². The molecule has 4 N–H and O–H groups in total. The van der Waals surface area contributed by atoms with E-state index in [-0.39, 0.29) is 0 Å². The third kappa shape index (κ3) is 2.66. The fraction of sp³-hybridized carbons (Fsp3) is 0. The minimum Gasteiger partial charge on any atom is -0.397 e. The molecule has 0 aliphatic carbocycles. The Morgan fingerprint density at radius 1 is 0.933 bits per heavy atom. The van der Waals surface area contributed by atoms with Gasteiger partial charge < -0.3 is 10.7 Å². The summed E-state index contributed by atoms with van der Waals surface area (Å²) in [6.45, 7) is 0. The van der Waals surface area contributed by atoms with Crippen molar-refractivity contribution in [3.63, 3.8) is 0 Å². The van der Waals surface area contributed by atoms with Gasteiger partial charge in [-0.15, -0.1) is 11.3 Å². The molecule has 0 saturated heterocycles. The smallest absolute Gasteiger partial charge is 0.135 e. The molecular weight excluding hydrogens is 394 g/mol. The molecule has 30 heavy (non-hydrogen) atoms. The molecule has 6 aromatic heterocycles. The van der Waals surface area contributed by atoms with E-state index in [2.05, 4.69) is 42.7 Å². The second kappa shape index (κ2) is 6.50. The molecule has 0 radical (unpaired) electrons. The third-order valence-corrected chi connectivity index (χ3v) is 5.95. The summed E-state index contributed by atoms with van der Waals surface area (Å²) >= 11 is 1.70. The highest BCUT2D eigenvalue weighted by molar-refractivity contribution is 7.13. The van der Waals surface area contributed by atoms with E-state index in [0.29, 0.717) is 5.69 Å². The number of pyridine rings is 3. The molecule has 6 heterocycles. The second-order valence-electron chi connectivity index (χ2n) is 6.98. The average molecular weight is 409 g/mol. The molecular formula is C22H15N7S. The number of hydrogen-bond donors (Lipinski definition) is 3. The summed E-state index contributed by atoms with van der Waals surface area (Å²) in [4.78, 5) is 18.0. The van der Waals surface area contributed by atoms with Gasteiger partial charge in [0, 0.05) is 40.0 Å². The van der Waals surface area contributed by atoms with Crippen molar-refractivity contribution in [1.82, 2.24) is 30.1 Å². The first-order valence-corrected chi connectivity index (χ1v) is 10.2. The number of hydrogen-bond acceptors (Lipinski definition) is 6. The van der Waals surface area contributed by atoms with Crippen molar-refractivity contribution in [2.75, 3.05) is 5.73 Å². The van der Waals surface area contributed by atoms with Gasteiger partial charge in [0.15, 0.2) is 0 Å². The van der Waals surface area contributed by atoms with Gasteiger partial charge in [-0.05, 0) is 35.7 Å². The molecule has 6 aromatic rings. The molecule has 0 amide bonds. The fourth-order valence-electron chi connectivity index (χ4n) is 3.65.